The third-order valence-corrected chi connectivity index (χ3v) is 5.43. The molecule has 0 amide bonds. The van der Waals surface area contributed by atoms with E-state index in [4.69, 9.17) is 14.5 Å². The Morgan fingerprint density at radius 3 is 2.33 bits per heavy atom. The highest BCUT2D eigenvalue weighted by Gasteiger charge is 2.34. The molecule has 0 unspecified atom stereocenters. The van der Waals surface area contributed by atoms with E-state index in [9.17, 15) is 0 Å². The molecule has 5 nitrogen and oxygen atoms in total. The fourth-order valence-electron chi connectivity index (χ4n) is 3.75. The molecule has 2 N–H and O–H groups in total. The van der Waals surface area contributed by atoms with Gasteiger partial charge in [-0.15, -0.1) is 24.0 Å². The Balaban J connectivity index is 0.00000320. The summed E-state index contributed by atoms with van der Waals surface area (Å²) in [6.45, 7) is 8.67. The Morgan fingerprint density at radius 1 is 1.00 bits per heavy atom. The van der Waals surface area contributed by atoms with Gasteiger partial charge < -0.3 is 20.1 Å². The van der Waals surface area contributed by atoms with Gasteiger partial charge >= 0.3 is 0 Å². The average molecular weight is 523 g/mol. The van der Waals surface area contributed by atoms with Gasteiger partial charge in [0.05, 0.1) is 13.2 Å². The van der Waals surface area contributed by atoms with E-state index in [2.05, 4.69) is 54.0 Å². The summed E-state index contributed by atoms with van der Waals surface area (Å²) < 4.78 is 11.3. The zero-order valence-corrected chi connectivity index (χ0v) is 20.4. The molecule has 3 rings (SSSR count). The zero-order chi connectivity index (χ0) is 20.4. The number of hydrogen-bond donors (Lipinski definition) is 2. The molecule has 164 valence electrons. The topological polar surface area (TPSA) is 54.9 Å². The molecule has 2 aromatic carbocycles. The van der Waals surface area contributed by atoms with E-state index in [1.807, 2.05) is 25.1 Å². The monoisotopic (exact) mass is 523 g/mol. The standard InChI is InChI=1S/C24H33N3O2.HI/c1-3-25-23(26-18-20-8-6-5-7-9-20)27-19-24(14-16-28-17-15-24)21-10-12-22(13-11-21)29-4-2;/h5-13H,3-4,14-19H2,1-2H3,(H2,25,26,27);1H. The summed E-state index contributed by atoms with van der Waals surface area (Å²) >= 11 is 0. The predicted molar refractivity (Wildman–Crippen MR) is 134 cm³/mol. The van der Waals surface area contributed by atoms with E-state index in [0.29, 0.717) is 13.2 Å². The summed E-state index contributed by atoms with van der Waals surface area (Å²) in [5.74, 6) is 1.78. The van der Waals surface area contributed by atoms with Crippen molar-refractivity contribution >= 4 is 29.9 Å². The minimum absolute atomic E-state index is 0. The molecular formula is C24H34IN3O2. The lowest BCUT2D eigenvalue weighted by atomic mass is 9.74. The van der Waals surface area contributed by atoms with Crippen LogP contribution in [-0.4, -0.2) is 38.9 Å². The number of ether oxygens (including phenoxy) is 2. The minimum Gasteiger partial charge on any atom is -0.494 e. The lowest BCUT2D eigenvalue weighted by molar-refractivity contribution is 0.0513. The maximum atomic E-state index is 5.67. The predicted octanol–water partition coefficient (Wildman–Crippen LogP) is 4.51. The number of guanidine groups is 1. The summed E-state index contributed by atoms with van der Waals surface area (Å²) in [6, 6.07) is 18.9. The molecule has 0 spiro atoms. The molecule has 2 aromatic rings. The van der Waals surface area contributed by atoms with Crippen molar-refractivity contribution in [3.05, 3.63) is 65.7 Å². The van der Waals surface area contributed by atoms with Crippen LogP contribution in [0.3, 0.4) is 0 Å². The van der Waals surface area contributed by atoms with Gasteiger partial charge in [0.15, 0.2) is 5.96 Å². The normalized spacial score (nSPS) is 15.7. The van der Waals surface area contributed by atoms with Crippen molar-refractivity contribution in [2.24, 2.45) is 4.99 Å². The SMILES string of the molecule is CCNC(=NCc1ccccc1)NCC1(c2ccc(OCC)cc2)CCOCC1.I. The highest BCUT2D eigenvalue weighted by atomic mass is 127. The van der Waals surface area contributed by atoms with E-state index in [1.54, 1.807) is 0 Å². The molecule has 1 aliphatic rings. The molecule has 0 aliphatic carbocycles. The summed E-state index contributed by atoms with van der Waals surface area (Å²) in [6.07, 6.45) is 1.98. The van der Waals surface area contributed by atoms with E-state index in [-0.39, 0.29) is 29.4 Å². The smallest absolute Gasteiger partial charge is 0.191 e. The Kier molecular flexibility index (Phi) is 10.4. The van der Waals surface area contributed by atoms with Crippen molar-refractivity contribution in [2.75, 3.05) is 32.9 Å². The first-order valence-electron chi connectivity index (χ1n) is 10.6. The van der Waals surface area contributed by atoms with Crippen LogP contribution in [0.5, 0.6) is 5.75 Å². The molecule has 0 radical (unpaired) electrons. The number of nitrogens with zero attached hydrogens (tertiary/aromatic N) is 1. The summed E-state index contributed by atoms with van der Waals surface area (Å²) in [7, 11) is 0. The maximum Gasteiger partial charge on any atom is 0.191 e. The van der Waals surface area contributed by atoms with Crippen molar-refractivity contribution < 1.29 is 9.47 Å². The van der Waals surface area contributed by atoms with Crippen molar-refractivity contribution in [2.45, 2.75) is 38.6 Å². The maximum absolute atomic E-state index is 5.67. The summed E-state index contributed by atoms with van der Waals surface area (Å²) in [5.41, 5.74) is 2.57. The molecule has 0 atom stereocenters. The highest BCUT2D eigenvalue weighted by Crippen LogP contribution is 2.35. The minimum atomic E-state index is 0. The number of halogens is 1. The second kappa shape index (κ2) is 12.8. The number of rotatable bonds is 8. The van der Waals surface area contributed by atoms with Crippen LogP contribution < -0.4 is 15.4 Å². The van der Waals surface area contributed by atoms with Crippen LogP contribution in [-0.2, 0) is 16.7 Å². The van der Waals surface area contributed by atoms with Gasteiger partial charge in [0, 0.05) is 31.7 Å². The molecule has 1 heterocycles. The van der Waals surface area contributed by atoms with Gasteiger partial charge in [-0.2, -0.15) is 0 Å². The van der Waals surface area contributed by atoms with Crippen molar-refractivity contribution in [3.63, 3.8) is 0 Å². The first-order valence-corrected chi connectivity index (χ1v) is 10.6. The van der Waals surface area contributed by atoms with Crippen molar-refractivity contribution in [3.8, 4) is 5.75 Å². The van der Waals surface area contributed by atoms with Crippen LogP contribution >= 0.6 is 24.0 Å². The van der Waals surface area contributed by atoms with Gasteiger partial charge in [0.25, 0.3) is 0 Å². The molecular weight excluding hydrogens is 489 g/mol. The molecule has 0 aromatic heterocycles. The molecule has 1 saturated heterocycles. The van der Waals surface area contributed by atoms with E-state index < -0.39 is 0 Å². The Bertz CT molecular complexity index is 760. The molecule has 0 bridgehead atoms. The molecule has 30 heavy (non-hydrogen) atoms. The van der Waals surface area contributed by atoms with E-state index in [0.717, 1.165) is 50.9 Å². The zero-order valence-electron chi connectivity index (χ0n) is 18.0. The number of benzene rings is 2. The molecule has 1 aliphatic heterocycles. The highest BCUT2D eigenvalue weighted by molar-refractivity contribution is 14.0. The third kappa shape index (κ3) is 6.87. The number of aliphatic imine (C=N–C) groups is 1. The van der Waals surface area contributed by atoms with E-state index >= 15 is 0 Å². The third-order valence-electron chi connectivity index (χ3n) is 5.43. The number of nitrogens with one attached hydrogen (secondary N) is 2. The van der Waals surface area contributed by atoms with Crippen LogP contribution in [0.2, 0.25) is 0 Å². The summed E-state index contributed by atoms with van der Waals surface area (Å²) in [5, 5.41) is 6.97. The second-order valence-corrected chi connectivity index (χ2v) is 7.38. The summed E-state index contributed by atoms with van der Waals surface area (Å²) in [4.78, 5) is 4.77. The van der Waals surface area contributed by atoms with Gasteiger partial charge in [0.1, 0.15) is 5.75 Å². The van der Waals surface area contributed by atoms with Gasteiger partial charge in [-0.05, 0) is 49.9 Å². The van der Waals surface area contributed by atoms with Crippen LogP contribution in [0.1, 0.15) is 37.8 Å². The lowest BCUT2D eigenvalue weighted by Crippen LogP contribution is -2.48. The average Bonchev–Trinajstić information content (AvgIpc) is 2.78. The molecule has 1 fully saturated rings. The van der Waals surface area contributed by atoms with Gasteiger partial charge in [-0.25, -0.2) is 4.99 Å². The lowest BCUT2D eigenvalue weighted by Gasteiger charge is -2.38. The first kappa shape index (κ1) is 24.5. The first-order chi connectivity index (χ1) is 14.3. The second-order valence-electron chi connectivity index (χ2n) is 7.38. The fourth-order valence-corrected chi connectivity index (χ4v) is 3.75. The van der Waals surface area contributed by atoms with Crippen molar-refractivity contribution in [1.29, 1.82) is 0 Å². The largest absolute Gasteiger partial charge is 0.494 e. The molecule has 0 saturated carbocycles. The van der Waals surface area contributed by atoms with Gasteiger partial charge in [-0.3, -0.25) is 0 Å². The molecule has 6 heteroatoms. The van der Waals surface area contributed by atoms with Crippen LogP contribution in [0.4, 0.5) is 0 Å². The van der Waals surface area contributed by atoms with Gasteiger partial charge in [-0.1, -0.05) is 42.5 Å². The Hall–Kier alpha value is -1.80. The fraction of sp³-hybridized carbons (Fsp3) is 0.458. The van der Waals surface area contributed by atoms with Crippen molar-refractivity contribution in [1.82, 2.24) is 10.6 Å². The number of hydrogen-bond acceptors (Lipinski definition) is 3. The van der Waals surface area contributed by atoms with Crippen LogP contribution in [0.25, 0.3) is 0 Å². The van der Waals surface area contributed by atoms with Crippen LogP contribution in [0, 0.1) is 0 Å². The Labute approximate surface area is 197 Å². The van der Waals surface area contributed by atoms with Gasteiger partial charge in [0.2, 0.25) is 0 Å². The quantitative estimate of drug-likeness (QED) is 0.304. The van der Waals surface area contributed by atoms with Crippen LogP contribution in [0.15, 0.2) is 59.6 Å². The Morgan fingerprint density at radius 2 is 1.70 bits per heavy atom. The van der Waals surface area contributed by atoms with E-state index in [1.165, 1.54) is 11.1 Å².